The fourth-order valence-electron chi connectivity index (χ4n) is 1.07. The van der Waals surface area contributed by atoms with Crippen LogP contribution in [0.3, 0.4) is 0 Å². The summed E-state index contributed by atoms with van der Waals surface area (Å²) in [4.78, 5) is 3.87. The predicted molar refractivity (Wildman–Crippen MR) is 76.3 cm³/mol. The first kappa shape index (κ1) is 14.8. The molecule has 0 spiro atoms. The van der Waals surface area contributed by atoms with Crippen LogP contribution in [0.5, 0.6) is 0 Å². The highest BCUT2D eigenvalue weighted by Crippen LogP contribution is 2.19. The average Bonchev–Trinajstić information content (AvgIpc) is 2.01. The quantitative estimate of drug-likeness (QED) is 0.494. The minimum absolute atomic E-state index is 0. The molecule has 0 aliphatic carbocycles. The molecule has 0 aliphatic rings. The highest BCUT2D eigenvalue weighted by Gasteiger charge is 1.97. The Labute approximate surface area is 116 Å². The molecular weight excluding hydrogens is 348 g/mol. The van der Waals surface area contributed by atoms with Gasteiger partial charge in [0.25, 0.3) is 0 Å². The molecule has 6 heteroatoms. The van der Waals surface area contributed by atoms with Crippen molar-refractivity contribution in [2.24, 2.45) is 16.5 Å². The van der Waals surface area contributed by atoms with E-state index in [0.717, 1.165) is 12.0 Å². The molecular formula is C9H12Cl2IN3. The maximum absolute atomic E-state index is 5.82. The number of benzene rings is 1. The topological polar surface area (TPSA) is 64.4 Å². The molecule has 0 saturated carbocycles. The van der Waals surface area contributed by atoms with Gasteiger partial charge in [0.2, 0.25) is 0 Å². The summed E-state index contributed by atoms with van der Waals surface area (Å²) >= 11 is 11.6. The maximum Gasteiger partial charge on any atom is 0.185 e. The standard InChI is InChI=1S/C9H11Cl2N3.HI/c10-7-3-6(4-8(11)5-7)1-2-14-9(12)13;/h3-5H,1-2H2,(H4,12,13,14);1H. The van der Waals surface area contributed by atoms with Gasteiger partial charge in [0.05, 0.1) is 0 Å². The van der Waals surface area contributed by atoms with E-state index in [1.807, 2.05) is 12.1 Å². The van der Waals surface area contributed by atoms with Crippen molar-refractivity contribution in [3.05, 3.63) is 33.8 Å². The Morgan fingerprint density at radius 1 is 1.13 bits per heavy atom. The van der Waals surface area contributed by atoms with E-state index >= 15 is 0 Å². The molecule has 15 heavy (non-hydrogen) atoms. The van der Waals surface area contributed by atoms with Crippen LogP contribution >= 0.6 is 47.2 Å². The number of rotatable bonds is 3. The molecule has 0 radical (unpaired) electrons. The van der Waals surface area contributed by atoms with Gasteiger partial charge >= 0.3 is 0 Å². The summed E-state index contributed by atoms with van der Waals surface area (Å²) in [5.41, 5.74) is 11.4. The third kappa shape index (κ3) is 6.06. The van der Waals surface area contributed by atoms with Crippen LogP contribution in [-0.2, 0) is 6.42 Å². The fraction of sp³-hybridized carbons (Fsp3) is 0.222. The normalized spacial score (nSPS) is 9.20. The van der Waals surface area contributed by atoms with Gasteiger partial charge in [-0.15, -0.1) is 24.0 Å². The summed E-state index contributed by atoms with van der Waals surface area (Å²) in [5, 5.41) is 1.24. The Hall–Kier alpha value is -0.200. The molecule has 1 aromatic carbocycles. The van der Waals surface area contributed by atoms with Gasteiger partial charge in [-0.05, 0) is 30.2 Å². The van der Waals surface area contributed by atoms with Gasteiger partial charge in [-0.2, -0.15) is 0 Å². The Balaban J connectivity index is 0.00000196. The lowest BCUT2D eigenvalue weighted by molar-refractivity contribution is 0.962. The van der Waals surface area contributed by atoms with E-state index in [-0.39, 0.29) is 29.9 Å². The molecule has 4 N–H and O–H groups in total. The van der Waals surface area contributed by atoms with Crippen LogP contribution in [0.25, 0.3) is 0 Å². The molecule has 1 aromatic rings. The minimum Gasteiger partial charge on any atom is -0.370 e. The fourth-order valence-corrected chi connectivity index (χ4v) is 1.64. The van der Waals surface area contributed by atoms with Crippen LogP contribution in [0, 0.1) is 0 Å². The van der Waals surface area contributed by atoms with E-state index in [1.54, 1.807) is 6.07 Å². The van der Waals surface area contributed by atoms with E-state index in [4.69, 9.17) is 34.7 Å². The van der Waals surface area contributed by atoms with Crippen LogP contribution in [0.2, 0.25) is 10.0 Å². The van der Waals surface area contributed by atoms with Crippen molar-refractivity contribution in [2.45, 2.75) is 6.42 Å². The maximum atomic E-state index is 5.82. The van der Waals surface area contributed by atoms with Crippen LogP contribution in [-0.4, -0.2) is 12.5 Å². The second-order valence-corrected chi connectivity index (χ2v) is 3.71. The third-order valence-electron chi connectivity index (χ3n) is 1.62. The summed E-state index contributed by atoms with van der Waals surface area (Å²) in [6.07, 6.45) is 0.720. The second kappa shape index (κ2) is 7.14. The Bertz CT molecular complexity index is 331. The van der Waals surface area contributed by atoms with Crippen molar-refractivity contribution in [2.75, 3.05) is 6.54 Å². The van der Waals surface area contributed by atoms with Crippen LogP contribution in [0.15, 0.2) is 23.2 Å². The van der Waals surface area contributed by atoms with E-state index in [0.29, 0.717) is 16.6 Å². The summed E-state index contributed by atoms with van der Waals surface area (Å²) in [5.74, 6) is 0.0955. The number of hydrogen-bond donors (Lipinski definition) is 2. The number of guanidine groups is 1. The molecule has 0 fully saturated rings. The average molecular weight is 360 g/mol. The van der Waals surface area contributed by atoms with Crippen molar-refractivity contribution in [1.29, 1.82) is 0 Å². The number of hydrogen-bond acceptors (Lipinski definition) is 1. The third-order valence-corrected chi connectivity index (χ3v) is 2.05. The van der Waals surface area contributed by atoms with Crippen molar-refractivity contribution in [3.63, 3.8) is 0 Å². The molecule has 0 unspecified atom stereocenters. The second-order valence-electron chi connectivity index (χ2n) is 2.83. The van der Waals surface area contributed by atoms with Gasteiger partial charge in [0.1, 0.15) is 0 Å². The zero-order valence-electron chi connectivity index (χ0n) is 7.91. The van der Waals surface area contributed by atoms with Crippen LogP contribution in [0.1, 0.15) is 5.56 Å². The number of aliphatic imine (C=N–C) groups is 1. The molecule has 0 atom stereocenters. The van der Waals surface area contributed by atoms with Crippen molar-refractivity contribution >= 4 is 53.1 Å². The summed E-state index contributed by atoms with van der Waals surface area (Å²) < 4.78 is 0. The van der Waals surface area contributed by atoms with Crippen molar-refractivity contribution < 1.29 is 0 Å². The molecule has 1 rings (SSSR count). The Morgan fingerprint density at radius 3 is 2.13 bits per heavy atom. The number of nitrogens with zero attached hydrogens (tertiary/aromatic N) is 1. The highest BCUT2D eigenvalue weighted by molar-refractivity contribution is 14.0. The van der Waals surface area contributed by atoms with Gasteiger partial charge in [-0.3, -0.25) is 4.99 Å². The summed E-state index contributed by atoms with van der Waals surface area (Å²) in [6.45, 7) is 0.541. The lowest BCUT2D eigenvalue weighted by Crippen LogP contribution is -2.23. The molecule has 84 valence electrons. The first-order valence-corrected chi connectivity index (χ1v) is 4.84. The van der Waals surface area contributed by atoms with E-state index in [9.17, 15) is 0 Å². The number of nitrogens with two attached hydrogens (primary N) is 2. The van der Waals surface area contributed by atoms with Gasteiger partial charge in [0, 0.05) is 16.6 Å². The number of halogens is 3. The van der Waals surface area contributed by atoms with Crippen LogP contribution in [0.4, 0.5) is 0 Å². The van der Waals surface area contributed by atoms with Gasteiger partial charge < -0.3 is 11.5 Å². The first-order chi connectivity index (χ1) is 6.58. The summed E-state index contributed by atoms with van der Waals surface area (Å²) in [7, 11) is 0. The predicted octanol–water partition coefficient (Wildman–Crippen LogP) is 2.43. The van der Waals surface area contributed by atoms with Crippen LogP contribution < -0.4 is 11.5 Å². The largest absolute Gasteiger partial charge is 0.370 e. The van der Waals surface area contributed by atoms with E-state index < -0.39 is 0 Å². The molecule has 0 saturated heterocycles. The molecule has 0 heterocycles. The van der Waals surface area contributed by atoms with Gasteiger partial charge in [-0.1, -0.05) is 23.2 Å². The lowest BCUT2D eigenvalue weighted by atomic mass is 10.1. The zero-order chi connectivity index (χ0) is 10.6. The monoisotopic (exact) mass is 359 g/mol. The minimum atomic E-state index is 0. The van der Waals surface area contributed by atoms with Crippen molar-refractivity contribution in [3.8, 4) is 0 Å². The van der Waals surface area contributed by atoms with E-state index in [2.05, 4.69) is 4.99 Å². The highest BCUT2D eigenvalue weighted by atomic mass is 127. The molecule has 0 amide bonds. The zero-order valence-corrected chi connectivity index (χ0v) is 11.8. The van der Waals surface area contributed by atoms with Gasteiger partial charge in [-0.25, -0.2) is 0 Å². The van der Waals surface area contributed by atoms with Gasteiger partial charge in [0.15, 0.2) is 5.96 Å². The lowest BCUT2D eigenvalue weighted by Gasteiger charge is -2.00. The smallest absolute Gasteiger partial charge is 0.185 e. The van der Waals surface area contributed by atoms with E-state index in [1.165, 1.54) is 0 Å². The first-order valence-electron chi connectivity index (χ1n) is 4.08. The molecule has 0 aliphatic heterocycles. The Kier molecular flexibility index (Phi) is 7.04. The van der Waals surface area contributed by atoms with Crippen molar-refractivity contribution in [1.82, 2.24) is 0 Å². The molecule has 0 aromatic heterocycles. The molecule has 3 nitrogen and oxygen atoms in total. The molecule has 0 bridgehead atoms. The summed E-state index contributed by atoms with van der Waals surface area (Å²) in [6, 6.07) is 5.37. The SMILES string of the molecule is I.NC(N)=NCCc1cc(Cl)cc(Cl)c1. The Morgan fingerprint density at radius 2 is 1.67 bits per heavy atom.